The van der Waals surface area contributed by atoms with Crippen LogP contribution in [0.5, 0.6) is 11.5 Å². The summed E-state index contributed by atoms with van der Waals surface area (Å²) in [6.07, 6.45) is 0. The number of hydrogen-bond acceptors (Lipinski definition) is 6. The summed E-state index contributed by atoms with van der Waals surface area (Å²) in [7, 11) is 3.21. The molecule has 7 heteroatoms. The highest BCUT2D eigenvalue weighted by atomic mass is 16.5. The number of rotatable bonds is 8. The van der Waals surface area contributed by atoms with Gasteiger partial charge in [0.05, 0.1) is 42.2 Å². The molecule has 0 spiro atoms. The number of nitrogens with zero attached hydrogens (tertiary/aromatic N) is 2. The molecule has 1 N–H and O–H groups in total. The fraction of sp³-hybridized carbons (Fsp3) is 0.348. The zero-order valence-corrected chi connectivity index (χ0v) is 18.0. The largest absolute Gasteiger partial charge is 0.493 e. The third-order valence-corrected chi connectivity index (χ3v) is 4.92. The topological polar surface area (TPSA) is 82.6 Å². The molecular weight excluding hydrogens is 382 g/mol. The Hall–Kier alpha value is -3.19. The van der Waals surface area contributed by atoms with Crippen LogP contribution in [0, 0.1) is 13.8 Å². The maximum Gasteiger partial charge on any atom is 0.251 e. The van der Waals surface area contributed by atoms with Gasteiger partial charge >= 0.3 is 0 Å². The molecule has 2 aromatic carbocycles. The lowest BCUT2D eigenvalue weighted by atomic mass is 10.1. The molecule has 0 fully saturated rings. The van der Waals surface area contributed by atoms with Crippen LogP contribution >= 0.6 is 0 Å². The predicted octanol–water partition coefficient (Wildman–Crippen LogP) is 3.77. The molecular formula is C23H27N3O4. The van der Waals surface area contributed by atoms with Crippen LogP contribution in [-0.4, -0.2) is 43.3 Å². The maximum atomic E-state index is 12.8. The first-order valence-electron chi connectivity index (χ1n) is 9.78. The molecule has 1 amide bonds. The van der Waals surface area contributed by atoms with Crippen molar-refractivity contribution in [3.63, 3.8) is 0 Å². The monoisotopic (exact) mass is 409 g/mol. The summed E-state index contributed by atoms with van der Waals surface area (Å²) in [5, 5.41) is 3.02. The fourth-order valence-corrected chi connectivity index (χ4v) is 3.04. The van der Waals surface area contributed by atoms with Crippen molar-refractivity contribution in [2.75, 3.05) is 27.4 Å². The van der Waals surface area contributed by atoms with Gasteiger partial charge in [0.1, 0.15) is 6.61 Å². The lowest BCUT2D eigenvalue weighted by molar-refractivity contribution is 0.0940. The van der Waals surface area contributed by atoms with Gasteiger partial charge in [-0.15, -0.1) is 0 Å². The smallest absolute Gasteiger partial charge is 0.251 e. The number of carbonyl (C=O) groups excluding carboxylic acids is 1. The first-order valence-corrected chi connectivity index (χ1v) is 9.78. The number of methoxy groups -OCH3 is 2. The Bertz CT molecular complexity index is 1050. The van der Waals surface area contributed by atoms with Gasteiger partial charge in [0.2, 0.25) is 0 Å². The zero-order valence-electron chi connectivity index (χ0n) is 18.0. The van der Waals surface area contributed by atoms with E-state index >= 15 is 0 Å². The Labute approximate surface area is 176 Å². The minimum absolute atomic E-state index is 0.177. The Morgan fingerprint density at radius 1 is 0.967 bits per heavy atom. The average molecular weight is 409 g/mol. The van der Waals surface area contributed by atoms with Crippen LogP contribution < -0.4 is 14.8 Å². The molecule has 0 unspecified atom stereocenters. The van der Waals surface area contributed by atoms with E-state index in [4.69, 9.17) is 14.2 Å². The molecule has 1 atom stereocenters. The minimum atomic E-state index is -0.221. The summed E-state index contributed by atoms with van der Waals surface area (Å²) < 4.78 is 16.1. The minimum Gasteiger partial charge on any atom is -0.493 e. The summed E-state index contributed by atoms with van der Waals surface area (Å²) in [6.45, 7) is 6.68. The normalized spacial score (nSPS) is 11.9. The number of aromatic nitrogens is 2. The van der Waals surface area contributed by atoms with E-state index in [2.05, 4.69) is 15.3 Å². The molecule has 0 aliphatic rings. The molecule has 7 nitrogen and oxygen atoms in total. The molecule has 0 radical (unpaired) electrons. The second-order valence-corrected chi connectivity index (χ2v) is 7.04. The van der Waals surface area contributed by atoms with E-state index in [0.29, 0.717) is 35.8 Å². The molecule has 0 bridgehead atoms. The molecule has 0 aliphatic heterocycles. The highest BCUT2D eigenvalue weighted by Gasteiger charge is 2.15. The lowest BCUT2D eigenvalue weighted by Gasteiger charge is -2.17. The molecule has 3 rings (SSSR count). The van der Waals surface area contributed by atoms with Crippen LogP contribution in [0.4, 0.5) is 0 Å². The van der Waals surface area contributed by atoms with Crippen LogP contribution in [0.2, 0.25) is 0 Å². The summed E-state index contributed by atoms with van der Waals surface area (Å²) in [5.41, 5.74) is 4.67. The van der Waals surface area contributed by atoms with Crippen LogP contribution in [0.25, 0.3) is 11.0 Å². The third kappa shape index (κ3) is 4.86. The van der Waals surface area contributed by atoms with Crippen molar-refractivity contribution in [3.8, 4) is 11.5 Å². The van der Waals surface area contributed by atoms with Crippen molar-refractivity contribution in [1.82, 2.24) is 15.3 Å². The van der Waals surface area contributed by atoms with Crippen molar-refractivity contribution >= 4 is 16.9 Å². The van der Waals surface area contributed by atoms with Gasteiger partial charge in [-0.3, -0.25) is 4.79 Å². The zero-order chi connectivity index (χ0) is 21.7. The maximum absolute atomic E-state index is 12.8. The summed E-state index contributed by atoms with van der Waals surface area (Å²) in [5.74, 6) is 1.07. The molecule has 1 heterocycles. The van der Waals surface area contributed by atoms with Gasteiger partial charge in [-0.1, -0.05) is 6.07 Å². The number of ether oxygens (including phenoxy) is 3. The number of carbonyl (C=O) groups is 1. The van der Waals surface area contributed by atoms with Crippen molar-refractivity contribution in [1.29, 1.82) is 0 Å². The summed E-state index contributed by atoms with van der Waals surface area (Å²) in [6, 6.07) is 10.7. The van der Waals surface area contributed by atoms with Crippen LogP contribution in [-0.2, 0) is 4.74 Å². The van der Waals surface area contributed by atoms with Crippen molar-refractivity contribution < 1.29 is 19.0 Å². The van der Waals surface area contributed by atoms with Gasteiger partial charge in [-0.2, -0.15) is 0 Å². The first kappa shape index (κ1) is 21.5. The van der Waals surface area contributed by atoms with Crippen molar-refractivity contribution in [2.24, 2.45) is 0 Å². The highest BCUT2D eigenvalue weighted by Crippen LogP contribution is 2.30. The lowest BCUT2D eigenvalue weighted by Crippen LogP contribution is -2.26. The van der Waals surface area contributed by atoms with Crippen LogP contribution in [0.15, 0.2) is 36.4 Å². The Kier molecular flexibility index (Phi) is 6.84. The highest BCUT2D eigenvalue weighted by molar-refractivity contribution is 5.97. The number of fused-ring (bicyclic) bond motifs is 1. The van der Waals surface area contributed by atoms with Gasteiger partial charge in [-0.25, -0.2) is 9.97 Å². The number of nitrogens with one attached hydrogen (secondary N) is 1. The van der Waals surface area contributed by atoms with E-state index in [-0.39, 0.29) is 11.9 Å². The van der Waals surface area contributed by atoms with Crippen LogP contribution in [0.3, 0.4) is 0 Å². The number of hydrogen-bond donors (Lipinski definition) is 1. The molecule has 158 valence electrons. The molecule has 0 saturated carbocycles. The Morgan fingerprint density at radius 3 is 2.40 bits per heavy atom. The van der Waals surface area contributed by atoms with E-state index in [9.17, 15) is 4.79 Å². The van der Waals surface area contributed by atoms with Gasteiger partial charge in [-0.05, 0) is 56.7 Å². The van der Waals surface area contributed by atoms with E-state index in [1.54, 1.807) is 26.4 Å². The van der Waals surface area contributed by atoms with Crippen LogP contribution in [0.1, 0.15) is 40.3 Å². The van der Waals surface area contributed by atoms with E-state index in [1.807, 2.05) is 45.0 Å². The quantitative estimate of drug-likeness (QED) is 0.570. The predicted molar refractivity (Wildman–Crippen MR) is 115 cm³/mol. The average Bonchev–Trinajstić information content (AvgIpc) is 2.74. The van der Waals surface area contributed by atoms with Gasteiger partial charge in [0, 0.05) is 12.7 Å². The first-order chi connectivity index (χ1) is 14.4. The van der Waals surface area contributed by atoms with Gasteiger partial charge < -0.3 is 19.5 Å². The molecule has 30 heavy (non-hydrogen) atoms. The van der Waals surface area contributed by atoms with Gasteiger partial charge in [0.15, 0.2) is 11.5 Å². The second kappa shape index (κ2) is 9.54. The Balaban J connectivity index is 1.75. The Morgan fingerprint density at radius 2 is 1.70 bits per heavy atom. The van der Waals surface area contributed by atoms with Crippen molar-refractivity contribution in [2.45, 2.75) is 26.8 Å². The molecule has 3 aromatic rings. The summed E-state index contributed by atoms with van der Waals surface area (Å²) >= 11 is 0. The third-order valence-electron chi connectivity index (χ3n) is 4.92. The molecule has 0 saturated heterocycles. The molecule has 1 aromatic heterocycles. The van der Waals surface area contributed by atoms with Crippen molar-refractivity contribution in [3.05, 3.63) is 58.9 Å². The molecule has 0 aliphatic carbocycles. The number of amides is 1. The summed E-state index contributed by atoms with van der Waals surface area (Å²) in [4.78, 5) is 21.8. The second-order valence-electron chi connectivity index (χ2n) is 7.04. The van der Waals surface area contributed by atoms with E-state index in [0.717, 1.165) is 22.5 Å². The van der Waals surface area contributed by atoms with E-state index < -0.39 is 0 Å². The SMILES string of the molecule is COCCOc1ccc([C@@H](C)NC(=O)c2ccc3nc(C)c(C)nc3c2)cc1OC. The van der Waals surface area contributed by atoms with E-state index in [1.165, 1.54) is 0 Å². The number of benzene rings is 2. The fourth-order valence-electron chi connectivity index (χ4n) is 3.04. The number of aryl methyl sites for hydroxylation is 2. The van der Waals surface area contributed by atoms with Gasteiger partial charge in [0.25, 0.3) is 5.91 Å². The standard InChI is InChI=1S/C23H27N3O4/c1-14-15(2)25-20-12-18(6-8-19(20)24-14)23(27)26-16(3)17-7-9-21(22(13-17)29-5)30-11-10-28-4/h6-9,12-13,16H,10-11H2,1-5H3,(H,26,27)/t16-/m1/s1.